The minimum absolute atomic E-state index is 0.536. The lowest BCUT2D eigenvalue weighted by molar-refractivity contribution is -0.144. The van der Waals surface area contributed by atoms with Crippen LogP contribution in [0.2, 0.25) is 0 Å². The number of carbonyl (C=O) groups excluding carboxylic acids is 5. The van der Waals surface area contributed by atoms with Crippen molar-refractivity contribution in [1.29, 1.82) is 0 Å². The number of rotatable bonds is 12. The highest BCUT2D eigenvalue weighted by atomic mass is 16.4. The summed E-state index contributed by atoms with van der Waals surface area (Å²) in [6, 6.07) is -5.25. The minimum atomic E-state index is -1.67. The van der Waals surface area contributed by atoms with E-state index in [1.54, 1.807) is 0 Å². The highest BCUT2D eigenvalue weighted by molar-refractivity contribution is 5.96. The summed E-state index contributed by atoms with van der Waals surface area (Å²) in [5.74, 6) is -6.07. The first-order valence-electron chi connectivity index (χ1n) is 9.09. The maximum Gasteiger partial charge on any atom is 0.326 e. The molecule has 1 rings (SSSR count). The highest BCUT2D eigenvalue weighted by Gasteiger charge is 2.32. The smallest absolute Gasteiger partial charge is 0.326 e. The number of primary amides is 2. The zero-order valence-corrected chi connectivity index (χ0v) is 16.1. The molecule has 14 heteroatoms. The predicted molar refractivity (Wildman–Crippen MR) is 99.2 cm³/mol. The zero-order chi connectivity index (χ0) is 22.8. The molecule has 0 aromatic carbocycles. The van der Waals surface area contributed by atoms with Gasteiger partial charge in [-0.15, -0.1) is 0 Å². The van der Waals surface area contributed by atoms with Crippen molar-refractivity contribution in [3.63, 3.8) is 0 Å². The predicted octanol–water partition coefficient (Wildman–Crippen LogP) is -4.98. The number of carbonyl (C=O) groups is 6. The summed E-state index contributed by atoms with van der Waals surface area (Å²) in [4.78, 5) is 70.2. The van der Waals surface area contributed by atoms with Crippen LogP contribution in [0.1, 0.15) is 25.7 Å². The summed E-state index contributed by atoms with van der Waals surface area (Å²) in [5, 5.41) is 27.8. The number of carboxylic acid groups (broad SMARTS) is 1. The van der Waals surface area contributed by atoms with Crippen LogP contribution in [0.25, 0.3) is 0 Å². The van der Waals surface area contributed by atoms with Gasteiger partial charge >= 0.3 is 5.97 Å². The topological polar surface area (TPSA) is 243 Å². The monoisotopic (exact) mass is 430 g/mol. The second-order valence-corrected chi connectivity index (χ2v) is 6.69. The molecular formula is C16H26N6O8. The lowest BCUT2D eigenvalue weighted by Crippen LogP contribution is -2.58. The average molecular weight is 430 g/mol. The molecule has 14 nitrogen and oxygen atoms in total. The molecule has 1 fully saturated rings. The van der Waals surface area contributed by atoms with Crippen molar-refractivity contribution < 1.29 is 39.0 Å². The molecule has 4 atom stereocenters. The molecule has 0 aromatic heterocycles. The van der Waals surface area contributed by atoms with Gasteiger partial charge < -0.3 is 42.9 Å². The van der Waals surface area contributed by atoms with Crippen LogP contribution in [-0.4, -0.2) is 83.0 Å². The molecule has 30 heavy (non-hydrogen) atoms. The van der Waals surface area contributed by atoms with Crippen molar-refractivity contribution in [3.8, 4) is 0 Å². The Labute approximate surface area is 171 Å². The number of nitrogens with two attached hydrogens (primary N) is 2. The summed E-state index contributed by atoms with van der Waals surface area (Å²) in [6.45, 7) is -0.310. The molecule has 0 spiro atoms. The van der Waals surface area contributed by atoms with E-state index in [9.17, 15) is 33.9 Å². The molecule has 1 aliphatic heterocycles. The Balaban J connectivity index is 2.80. The maximum atomic E-state index is 12.5. The Hall–Kier alpha value is -3.26. The van der Waals surface area contributed by atoms with E-state index in [4.69, 9.17) is 16.6 Å². The fourth-order valence-corrected chi connectivity index (χ4v) is 2.73. The van der Waals surface area contributed by atoms with Gasteiger partial charge in [-0.05, 0) is 19.4 Å². The molecule has 10 N–H and O–H groups in total. The number of aliphatic hydroxyl groups is 1. The van der Waals surface area contributed by atoms with Gasteiger partial charge in [-0.3, -0.25) is 24.0 Å². The first kappa shape index (κ1) is 24.8. The molecule has 0 aromatic rings. The van der Waals surface area contributed by atoms with E-state index in [0.29, 0.717) is 13.0 Å². The molecular weight excluding hydrogens is 404 g/mol. The van der Waals surface area contributed by atoms with Crippen LogP contribution in [-0.2, 0) is 28.8 Å². The highest BCUT2D eigenvalue weighted by Crippen LogP contribution is 2.06. The van der Waals surface area contributed by atoms with E-state index in [0.717, 1.165) is 6.42 Å². The van der Waals surface area contributed by atoms with Crippen LogP contribution < -0.4 is 32.7 Å². The number of carboxylic acids is 1. The Bertz CT molecular complexity index is 693. The Morgan fingerprint density at radius 1 is 0.900 bits per heavy atom. The first-order valence-corrected chi connectivity index (χ1v) is 9.09. The quantitative estimate of drug-likeness (QED) is 0.147. The van der Waals surface area contributed by atoms with Crippen molar-refractivity contribution in [2.75, 3.05) is 13.2 Å². The molecule has 0 radical (unpaired) electrons. The second kappa shape index (κ2) is 11.7. The molecule has 168 valence electrons. The van der Waals surface area contributed by atoms with E-state index < -0.39 is 79.1 Å². The fraction of sp³-hybridized carbons (Fsp3) is 0.625. The van der Waals surface area contributed by atoms with Crippen LogP contribution in [0.3, 0.4) is 0 Å². The summed E-state index contributed by atoms with van der Waals surface area (Å²) in [6.07, 6.45) is 0.0217. The normalized spacial score (nSPS) is 18.5. The van der Waals surface area contributed by atoms with Gasteiger partial charge in [0.2, 0.25) is 29.5 Å². The van der Waals surface area contributed by atoms with E-state index in [1.165, 1.54) is 0 Å². The Kier molecular flexibility index (Phi) is 9.64. The summed E-state index contributed by atoms with van der Waals surface area (Å²) < 4.78 is 0. The van der Waals surface area contributed by atoms with Gasteiger partial charge in [0.1, 0.15) is 18.1 Å². The van der Waals surface area contributed by atoms with E-state index in [-0.39, 0.29) is 0 Å². The summed E-state index contributed by atoms with van der Waals surface area (Å²) in [7, 11) is 0. The van der Waals surface area contributed by atoms with E-state index in [2.05, 4.69) is 16.0 Å². The van der Waals surface area contributed by atoms with Gasteiger partial charge in [-0.25, -0.2) is 4.79 Å². The lowest BCUT2D eigenvalue weighted by Gasteiger charge is -2.23. The molecule has 0 bridgehead atoms. The lowest BCUT2D eigenvalue weighted by atomic mass is 10.1. The van der Waals surface area contributed by atoms with Crippen molar-refractivity contribution in [2.24, 2.45) is 11.5 Å². The van der Waals surface area contributed by atoms with Gasteiger partial charge in [0, 0.05) is 0 Å². The van der Waals surface area contributed by atoms with E-state index >= 15 is 0 Å². The second-order valence-electron chi connectivity index (χ2n) is 6.69. The van der Waals surface area contributed by atoms with E-state index in [1.807, 2.05) is 5.32 Å². The van der Waals surface area contributed by atoms with Crippen LogP contribution in [0, 0.1) is 0 Å². The summed E-state index contributed by atoms with van der Waals surface area (Å²) in [5.41, 5.74) is 10.0. The van der Waals surface area contributed by atoms with Crippen molar-refractivity contribution in [1.82, 2.24) is 21.3 Å². The third-order valence-corrected chi connectivity index (χ3v) is 4.25. The number of amides is 5. The van der Waals surface area contributed by atoms with Gasteiger partial charge in [0.15, 0.2) is 0 Å². The van der Waals surface area contributed by atoms with Gasteiger partial charge in [0.25, 0.3) is 0 Å². The van der Waals surface area contributed by atoms with Gasteiger partial charge in [0.05, 0.1) is 25.5 Å². The molecule has 1 saturated heterocycles. The zero-order valence-electron chi connectivity index (χ0n) is 16.1. The molecule has 1 heterocycles. The number of aliphatic carboxylic acids is 1. The van der Waals surface area contributed by atoms with Crippen molar-refractivity contribution >= 4 is 35.5 Å². The largest absolute Gasteiger partial charge is 0.480 e. The molecule has 1 aliphatic rings. The molecule has 0 aliphatic carbocycles. The maximum absolute atomic E-state index is 12.5. The number of nitrogens with one attached hydrogen (secondary N) is 4. The molecule has 4 unspecified atom stereocenters. The molecule has 5 amide bonds. The van der Waals surface area contributed by atoms with Gasteiger partial charge in [-0.1, -0.05) is 0 Å². The minimum Gasteiger partial charge on any atom is -0.480 e. The third kappa shape index (κ3) is 8.00. The fourth-order valence-electron chi connectivity index (χ4n) is 2.73. The van der Waals surface area contributed by atoms with Gasteiger partial charge in [-0.2, -0.15) is 0 Å². The Morgan fingerprint density at radius 3 is 1.90 bits per heavy atom. The average Bonchev–Trinajstić information content (AvgIpc) is 3.18. The number of hydrogen-bond donors (Lipinski definition) is 8. The van der Waals surface area contributed by atoms with Crippen molar-refractivity contribution in [2.45, 2.75) is 49.9 Å². The third-order valence-electron chi connectivity index (χ3n) is 4.25. The van der Waals surface area contributed by atoms with Crippen LogP contribution in [0.5, 0.6) is 0 Å². The number of aliphatic hydroxyl groups excluding tert-OH is 1. The van der Waals surface area contributed by atoms with Crippen LogP contribution in [0.15, 0.2) is 0 Å². The van der Waals surface area contributed by atoms with Crippen LogP contribution in [0.4, 0.5) is 0 Å². The summed E-state index contributed by atoms with van der Waals surface area (Å²) >= 11 is 0. The Morgan fingerprint density at radius 2 is 1.43 bits per heavy atom. The first-order chi connectivity index (χ1) is 14.0. The van der Waals surface area contributed by atoms with Crippen molar-refractivity contribution in [3.05, 3.63) is 0 Å². The standard InChI is InChI=1S/C16H26N6O8/c17-11(24)4-8(20-13(26)7-2-1-3-19-7)14(27)22-10(6-23)15(28)21-9(16(29)30)5-12(18)25/h7-10,19,23H,1-6H2,(H2,17,24)(H2,18,25)(H,20,26)(H,21,28)(H,22,27)(H,29,30). The SMILES string of the molecule is NC(=O)CC(NC(=O)C(CO)NC(=O)C(CC(N)=O)NC(=O)C1CCCN1)C(=O)O. The van der Waals surface area contributed by atoms with Crippen LogP contribution >= 0.6 is 0 Å². The number of hydrogen-bond acceptors (Lipinski definition) is 8. The molecule has 0 saturated carbocycles.